The first-order chi connectivity index (χ1) is 8.90. The summed E-state index contributed by atoms with van der Waals surface area (Å²) in [5.74, 6) is -0.655. The molecule has 1 fully saturated rings. The van der Waals surface area contributed by atoms with Crippen LogP contribution in [-0.4, -0.2) is 34.6 Å². The number of hydrogen-bond acceptors (Lipinski definition) is 3. The molecule has 4 nitrogen and oxygen atoms in total. The van der Waals surface area contributed by atoms with Gasteiger partial charge in [-0.05, 0) is 43.1 Å². The second kappa shape index (κ2) is 5.79. The Morgan fingerprint density at radius 2 is 2.32 bits per heavy atom. The third-order valence-electron chi connectivity index (χ3n) is 3.41. The molecular weight excluding hydrogens is 332 g/mol. The number of piperidine rings is 1. The number of carbonyl (C=O) groups excluding carboxylic acids is 1. The number of amides is 1. The van der Waals surface area contributed by atoms with Crippen molar-refractivity contribution in [1.29, 1.82) is 0 Å². The molecule has 0 aliphatic carbocycles. The topological polar surface area (TPSA) is 66.6 Å². The monoisotopic (exact) mass is 346 g/mol. The Morgan fingerprint density at radius 3 is 3.00 bits per heavy atom. The number of rotatable bonds is 3. The molecule has 104 valence electrons. The first kappa shape index (κ1) is 14.8. The quantitative estimate of drug-likeness (QED) is 0.878. The fourth-order valence-electron chi connectivity index (χ4n) is 2.36. The Labute approximate surface area is 125 Å². The van der Waals surface area contributed by atoms with Gasteiger partial charge in [-0.25, -0.2) is 0 Å². The van der Waals surface area contributed by atoms with Gasteiger partial charge in [0.1, 0.15) is 0 Å². The molecule has 0 bridgehead atoms. The van der Waals surface area contributed by atoms with E-state index >= 15 is 0 Å². The van der Waals surface area contributed by atoms with Gasteiger partial charge in [0.25, 0.3) is 5.91 Å². The van der Waals surface area contributed by atoms with Crippen molar-refractivity contribution < 1.29 is 9.90 Å². The lowest BCUT2D eigenvalue weighted by Crippen LogP contribution is -2.55. The van der Waals surface area contributed by atoms with Gasteiger partial charge in [-0.15, -0.1) is 0 Å². The van der Waals surface area contributed by atoms with Gasteiger partial charge < -0.3 is 10.8 Å². The van der Waals surface area contributed by atoms with Gasteiger partial charge in [0, 0.05) is 22.6 Å². The summed E-state index contributed by atoms with van der Waals surface area (Å²) in [6, 6.07) is 5.65. The molecule has 1 aliphatic rings. The number of nitrogens with two attached hydrogens (primary N) is 1. The highest BCUT2D eigenvalue weighted by atomic mass is 79.9. The Hall–Kier alpha value is -0.620. The summed E-state index contributed by atoms with van der Waals surface area (Å²) in [6.07, 6.45) is 1.16. The summed E-state index contributed by atoms with van der Waals surface area (Å²) in [5, 5.41) is 10.8. The lowest BCUT2D eigenvalue weighted by atomic mass is 9.92. The van der Waals surface area contributed by atoms with Crippen LogP contribution in [-0.2, 0) is 11.3 Å². The molecule has 3 N–H and O–H groups in total. The lowest BCUT2D eigenvalue weighted by molar-refractivity contribution is -0.142. The number of halogens is 2. The van der Waals surface area contributed by atoms with Crippen LogP contribution in [0.25, 0.3) is 0 Å². The Kier molecular flexibility index (Phi) is 4.50. The molecule has 6 heteroatoms. The molecule has 1 aromatic rings. The number of nitrogens with zero attached hydrogens (tertiary/aromatic N) is 1. The highest BCUT2D eigenvalue weighted by Crippen LogP contribution is 2.26. The molecule has 1 amide bonds. The third kappa shape index (κ3) is 3.48. The van der Waals surface area contributed by atoms with Crippen molar-refractivity contribution in [2.45, 2.75) is 25.0 Å². The van der Waals surface area contributed by atoms with Gasteiger partial charge in [0.15, 0.2) is 5.60 Å². The van der Waals surface area contributed by atoms with E-state index in [2.05, 4.69) is 15.9 Å². The standard InChI is InChI=1S/C13H16BrClN2O2/c14-10-2-3-11(15)9(6-10)7-17-5-1-4-13(19,8-17)12(16)18/h2-3,6,19H,1,4-5,7-8H2,(H2,16,18)/t13-/m0/s1. The highest BCUT2D eigenvalue weighted by molar-refractivity contribution is 9.10. The number of benzene rings is 1. The normalized spacial score (nSPS) is 24.4. The molecule has 0 saturated carbocycles. The Morgan fingerprint density at radius 1 is 1.58 bits per heavy atom. The van der Waals surface area contributed by atoms with Crippen molar-refractivity contribution >= 4 is 33.4 Å². The van der Waals surface area contributed by atoms with Crippen molar-refractivity contribution in [1.82, 2.24) is 4.90 Å². The zero-order valence-corrected chi connectivity index (χ0v) is 12.7. The van der Waals surface area contributed by atoms with Crippen LogP contribution in [0.2, 0.25) is 5.02 Å². The number of carbonyl (C=O) groups is 1. The molecule has 1 aromatic carbocycles. The first-order valence-corrected chi connectivity index (χ1v) is 7.26. The minimum atomic E-state index is -1.42. The minimum Gasteiger partial charge on any atom is -0.379 e. The van der Waals surface area contributed by atoms with Crippen LogP contribution in [0, 0.1) is 0 Å². The van der Waals surface area contributed by atoms with Crippen LogP contribution in [0.1, 0.15) is 18.4 Å². The summed E-state index contributed by atoms with van der Waals surface area (Å²) < 4.78 is 0.953. The van der Waals surface area contributed by atoms with Gasteiger partial charge in [0.05, 0.1) is 0 Å². The van der Waals surface area contributed by atoms with Crippen molar-refractivity contribution in [2.75, 3.05) is 13.1 Å². The van der Waals surface area contributed by atoms with E-state index in [1.807, 2.05) is 23.1 Å². The average Bonchev–Trinajstić information content (AvgIpc) is 2.34. The van der Waals surface area contributed by atoms with E-state index in [0.29, 0.717) is 18.0 Å². The maximum Gasteiger partial charge on any atom is 0.250 e. The van der Waals surface area contributed by atoms with Crippen LogP contribution < -0.4 is 5.73 Å². The van der Waals surface area contributed by atoms with E-state index in [1.54, 1.807) is 0 Å². The minimum absolute atomic E-state index is 0.255. The van der Waals surface area contributed by atoms with Gasteiger partial charge in [-0.2, -0.15) is 0 Å². The molecule has 0 radical (unpaired) electrons. The summed E-state index contributed by atoms with van der Waals surface area (Å²) in [6.45, 7) is 1.66. The van der Waals surface area contributed by atoms with Gasteiger partial charge in [-0.3, -0.25) is 9.69 Å². The fraction of sp³-hybridized carbons (Fsp3) is 0.462. The largest absolute Gasteiger partial charge is 0.379 e. The van der Waals surface area contributed by atoms with Gasteiger partial charge >= 0.3 is 0 Å². The average molecular weight is 348 g/mol. The summed E-state index contributed by atoms with van der Waals surface area (Å²) >= 11 is 9.55. The highest BCUT2D eigenvalue weighted by Gasteiger charge is 2.38. The van der Waals surface area contributed by atoms with Crippen LogP contribution in [0.15, 0.2) is 22.7 Å². The van der Waals surface area contributed by atoms with Crippen LogP contribution >= 0.6 is 27.5 Å². The molecule has 1 aliphatic heterocycles. The summed E-state index contributed by atoms with van der Waals surface area (Å²) in [4.78, 5) is 13.3. The molecule has 19 heavy (non-hydrogen) atoms. The predicted molar refractivity (Wildman–Crippen MR) is 77.8 cm³/mol. The van der Waals surface area contributed by atoms with Crippen LogP contribution in [0.5, 0.6) is 0 Å². The lowest BCUT2D eigenvalue weighted by Gasteiger charge is -2.37. The van der Waals surface area contributed by atoms with Crippen molar-refractivity contribution in [3.63, 3.8) is 0 Å². The van der Waals surface area contributed by atoms with E-state index < -0.39 is 11.5 Å². The molecule has 1 heterocycles. The molecule has 2 rings (SSSR count). The second-order valence-corrected chi connectivity index (χ2v) is 6.27. The molecular formula is C13H16BrClN2O2. The number of primary amides is 1. The van der Waals surface area contributed by atoms with Crippen molar-refractivity contribution in [3.05, 3.63) is 33.3 Å². The van der Waals surface area contributed by atoms with Crippen LogP contribution in [0.3, 0.4) is 0 Å². The predicted octanol–water partition coefficient (Wildman–Crippen LogP) is 1.91. The van der Waals surface area contributed by atoms with Gasteiger partial charge in [0.2, 0.25) is 0 Å². The van der Waals surface area contributed by atoms with Crippen molar-refractivity contribution in [3.8, 4) is 0 Å². The number of β-amino-alcohol motifs (C(OH)–C–C–N with tert-alkyl or cyclic N) is 1. The Bertz CT molecular complexity index is 498. The molecule has 1 saturated heterocycles. The first-order valence-electron chi connectivity index (χ1n) is 6.09. The fourth-order valence-corrected chi connectivity index (χ4v) is 2.95. The molecule has 0 spiro atoms. The number of hydrogen-bond donors (Lipinski definition) is 2. The number of likely N-dealkylation sites (tertiary alicyclic amines) is 1. The van der Waals surface area contributed by atoms with E-state index in [-0.39, 0.29) is 6.54 Å². The van der Waals surface area contributed by atoms with Gasteiger partial charge in [-0.1, -0.05) is 27.5 Å². The van der Waals surface area contributed by atoms with E-state index in [1.165, 1.54) is 0 Å². The number of aliphatic hydroxyl groups is 1. The zero-order chi connectivity index (χ0) is 14.0. The summed E-state index contributed by atoms with van der Waals surface area (Å²) in [7, 11) is 0. The second-order valence-electron chi connectivity index (χ2n) is 4.95. The Balaban J connectivity index is 2.11. The van der Waals surface area contributed by atoms with E-state index in [9.17, 15) is 9.90 Å². The van der Waals surface area contributed by atoms with E-state index in [4.69, 9.17) is 17.3 Å². The molecule has 0 unspecified atom stereocenters. The maximum atomic E-state index is 11.3. The maximum absolute atomic E-state index is 11.3. The molecule has 1 atom stereocenters. The SMILES string of the molecule is NC(=O)[C@]1(O)CCCN(Cc2cc(Br)ccc2Cl)C1. The zero-order valence-electron chi connectivity index (χ0n) is 10.4. The van der Waals surface area contributed by atoms with E-state index in [0.717, 1.165) is 23.0 Å². The summed E-state index contributed by atoms with van der Waals surface area (Å²) in [5.41, 5.74) is 4.80. The molecule has 0 aromatic heterocycles. The smallest absolute Gasteiger partial charge is 0.250 e. The third-order valence-corrected chi connectivity index (χ3v) is 4.27. The van der Waals surface area contributed by atoms with Crippen LogP contribution in [0.4, 0.5) is 0 Å². The van der Waals surface area contributed by atoms with Crippen molar-refractivity contribution in [2.24, 2.45) is 5.73 Å².